The van der Waals surface area contributed by atoms with Gasteiger partial charge in [-0.3, -0.25) is 0 Å². The second-order valence-electron chi connectivity index (χ2n) is 9.86. The Balaban J connectivity index is 1.22. The van der Waals surface area contributed by atoms with Gasteiger partial charge in [-0.1, -0.05) is 25.1 Å². The van der Waals surface area contributed by atoms with Gasteiger partial charge in [0.15, 0.2) is 9.84 Å². The molecule has 0 atom stereocenters. The zero-order valence-electron chi connectivity index (χ0n) is 23.5. The highest BCUT2D eigenvalue weighted by atomic mass is 79.9. The quantitative estimate of drug-likeness (QED) is 0.121. The third kappa shape index (κ3) is 8.56. The largest absolute Gasteiger partial charge is 0.488 e. The third-order valence-corrected chi connectivity index (χ3v) is 9.97. The van der Waals surface area contributed by atoms with Gasteiger partial charge >= 0.3 is 0 Å². The number of aromatic nitrogens is 3. The Labute approximate surface area is 262 Å². The zero-order valence-corrected chi connectivity index (χ0v) is 26.7. The molecule has 43 heavy (non-hydrogen) atoms. The van der Waals surface area contributed by atoms with E-state index in [2.05, 4.69) is 36.5 Å². The first-order valence-electron chi connectivity index (χ1n) is 13.8. The summed E-state index contributed by atoms with van der Waals surface area (Å²) in [4.78, 5) is 13.8. The minimum atomic E-state index is -2.94. The Morgan fingerprint density at radius 3 is 2.74 bits per heavy atom. The van der Waals surface area contributed by atoms with E-state index in [1.165, 1.54) is 18.5 Å². The number of sulfone groups is 1. The SMILES string of the molecule is CCS(=O)(=O)CCNCCCc1nc(-c2ccc3ncnc(Nc4ccc(OCc5cccc(F)c5)c(Br)c4)c3c2)cs1. The molecule has 2 N–H and O–H groups in total. The molecule has 0 aliphatic carbocycles. The van der Waals surface area contributed by atoms with Crippen molar-refractivity contribution < 1.29 is 17.5 Å². The molecule has 0 amide bonds. The Bertz CT molecular complexity index is 1820. The van der Waals surface area contributed by atoms with Gasteiger partial charge in [-0.15, -0.1) is 11.3 Å². The average molecular weight is 685 g/mol. The fraction of sp³-hybridized carbons (Fsp3) is 0.258. The third-order valence-electron chi connectivity index (χ3n) is 6.73. The Hall–Kier alpha value is -3.45. The van der Waals surface area contributed by atoms with Crippen LogP contribution in [0.4, 0.5) is 15.9 Å². The molecule has 2 heterocycles. The average Bonchev–Trinajstić information content (AvgIpc) is 3.47. The molecule has 12 heteroatoms. The second-order valence-corrected chi connectivity index (χ2v) is 14.1. The van der Waals surface area contributed by atoms with Gasteiger partial charge in [0.2, 0.25) is 0 Å². The van der Waals surface area contributed by atoms with E-state index in [4.69, 9.17) is 9.72 Å². The molecular weight excluding hydrogens is 653 g/mol. The van der Waals surface area contributed by atoms with Crippen LogP contribution in [0.2, 0.25) is 0 Å². The van der Waals surface area contributed by atoms with E-state index in [9.17, 15) is 12.8 Å². The molecule has 0 spiro atoms. The number of thiazole rings is 1. The first-order chi connectivity index (χ1) is 20.8. The van der Waals surface area contributed by atoms with Crippen LogP contribution in [-0.2, 0) is 22.9 Å². The van der Waals surface area contributed by atoms with Gasteiger partial charge in [0.05, 0.1) is 26.4 Å². The first-order valence-corrected chi connectivity index (χ1v) is 17.3. The van der Waals surface area contributed by atoms with Crippen molar-refractivity contribution in [3.05, 3.63) is 93.2 Å². The van der Waals surface area contributed by atoms with Crippen LogP contribution in [0.3, 0.4) is 0 Å². The molecule has 5 aromatic rings. The van der Waals surface area contributed by atoms with Gasteiger partial charge in [-0.05, 0) is 76.9 Å². The highest BCUT2D eigenvalue weighted by Gasteiger charge is 2.11. The predicted molar refractivity (Wildman–Crippen MR) is 174 cm³/mol. The summed E-state index contributed by atoms with van der Waals surface area (Å²) in [7, 11) is -2.94. The van der Waals surface area contributed by atoms with Crippen molar-refractivity contribution in [3.8, 4) is 17.0 Å². The number of benzene rings is 3. The smallest absolute Gasteiger partial charge is 0.151 e. The molecular formula is C31H31BrFN5O3S2. The number of ether oxygens (including phenoxy) is 1. The standard InChI is InChI=1S/C31H31BrFN5O3S2/c1-2-43(39,40)14-13-34-12-4-7-30-38-28(19-42-30)22-8-10-27-25(16-22)31(36-20-35-27)37-24-9-11-29(26(32)17-24)41-18-21-5-3-6-23(33)15-21/h3,5-6,8-11,15-17,19-20,34H,2,4,7,12-14,18H2,1H3,(H,35,36,37). The molecule has 224 valence electrons. The van der Waals surface area contributed by atoms with Crippen LogP contribution < -0.4 is 15.4 Å². The van der Waals surface area contributed by atoms with Crippen LogP contribution in [0.15, 0.2) is 76.8 Å². The first kappa shape index (κ1) is 31.0. The molecule has 0 saturated heterocycles. The molecule has 0 unspecified atom stereocenters. The molecule has 0 aliphatic heterocycles. The summed E-state index contributed by atoms with van der Waals surface area (Å²) < 4.78 is 43.3. The minimum absolute atomic E-state index is 0.169. The van der Waals surface area contributed by atoms with Crippen LogP contribution >= 0.6 is 27.3 Å². The fourth-order valence-corrected chi connectivity index (χ4v) is 6.44. The molecule has 0 aliphatic rings. The zero-order chi connectivity index (χ0) is 30.2. The highest BCUT2D eigenvalue weighted by molar-refractivity contribution is 9.10. The summed E-state index contributed by atoms with van der Waals surface area (Å²) in [6.45, 7) is 3.14. The van der Waals surface area contributed by atoms with Crippen LogP contribution in [-0.4, -0.2) is 48.0 Å². The van der Waals surface area contributed by atoms with Crippen molar-refractivity contribution in [1.29, 1.82) is 0 Å². The second kappa shape index (κ2) is 14.3. The predicted octanol–water partition coefficient (Wildman–Crippen LogP) is 6.93. The summed E-state index contributed by atoms with van der Waals surface area (Å²) in [5.41, 5.74) is 4.23. The summed E-state index contributed by atoms with van der Waals surface area (Å²) in [5, 5.41) is 10.5. The van der Waals surface area contributed by atoms with Crippen molar-refractivity contribution in [2.24, 2.45) is 0 Å². The molecule has 8 nitrogen and oxygen atoms in total. The number of fused-ring (bicyclic) bond motifs is 1. The van der Waals surface area contributed by atoms with Gasteiger partial charge in [0.25, 0.3) is 0 Å². The minimum Gasteiger partial charge on any atom is -0.488 e. The highest BCUT2D eigenvalue weighted by Crippen LogP contribution is 2.33. The molecule has 0 saturated carbocycles. The van der Waals surface area contributed by atoms with Crippen LogP contribution in [0.1, 0.15) is 23.9 Å². The maximum atomic E-state index is 13.5. The van der Waals surface area contributed by atoms with E-state index in [0.29, 0.717) is 18.1 Å². The number of anilines is 2. The van der Waals surface area contributed by atoms with Gasteiger partial charge in [-0.25, -0.2) is 27.8 Å². The molecule has 5 rings (SSSR count). The topological polar surface area (TPSA) is 106 Å². The number of hydrogen-bond donors (Lipinski definition) is 2. The number of aryl methyl sites for hydroxylation is 1. The normalized spacial score (nSPS) is 11.6. The van der Waals surface area contributed by atoms with E-state index in [-0.39, 0.29) is 23.9 Å². The lowest BCUT2D eigenvalue weighted by molar-refractivity contribution is 0.303. The number of hydrogen-bond acceptors (Lipinski definition) is 9. The molecule has 0 radical (unpaired) electrons. The molecule has 3 aromatic carbocycles. The van der Waals surface area contributed by atoms with Crippen LogP contribution in [0.25, 0.3) is 22.2 Å². The molecule has 0 fully saturated rings. The van der Waals surface area contributed by atoms with E-state index >= 15 is 0 Å². The lowest BCUT2D eigenvalue weighted by Crippen LogP contribution is -2.24. The number of halogens is 2. The van der Waals surface area contributed by atoms with Crippen LogP contribution in [0.5, 0.6) is 5.75 Å². The summed E-state index contributed by atoms with van der Waals surface area (Å²) >= 11 is 5.19. The Morgan fingerprint density at radius 1 is 1.05 bits per heavy atom. The van der Waals surface area contributed by atoms with Crippen molar-refractivity contribution in [2.75, 3.05) is 29.9 Å². The summed E-state index contributed by atoms with van der Waals surface area (Å²) in [6.07, 6.45) is 3.23. The lowest BCUT2D eigenvalue weighted by atomic mass is 10.1. The van der Waals surface area contributed by atoms with Crippen molar-refractivity contribution in [3.63, 3.8) is 0 Å². The Kier molecular flexibility index (Phi) is 10.3. The van der Waals surface area contributed by atoms with E-state index in [1.54, 1.807) is 24.3 Å². The fourth-order valence-electron chi connectivity index (χ4n) is 4.36. The van der Waals surface area contributed by atoms with Gasteiger partial charge in [-0.2, -0.15) is 0 Å². The monoisotopic (exact) mass is 683 g/mol. The van der Waals surface area contributed by atoms with E-state index in [0.717, 1.165) is 62.3 Å². The van der Waals surface area contributed by atoms with Crippen molar-refractivity contribution in [2.45, 2.75) is 26.4 Å². The van der Waals surface area contributed by atoms with Crippen molar-refractivity contribution in [1.82, 2.24) is 20.3 Å². The van der Waals surface area contributed by atoms with Crippen molar-refractivity contribution >= 4 is 59.5 Å². The lowest BCUT2D eigenvalue weighted by Gasteiger charge is -2.12. The van der Waals surface area contributed by atoms with E-state index < -0.39 is 9.84 Å². The van der Waals surface area contributed by atoms with E-state index in [1.807, 2.05) is 47.8 Å². The molecule has 0 bridgehead atoms. The maximum Gasteiger partial charge on any atom is 0.151 e. The number of nitrogens with one attached hydrogen (secondary N) is 2. The molecule has 2 aromatic heterocycles. The summed E-state index contributed by atoms with van der Waals surface area (Å²) in [5.74, 6) is 1.36. The number of rotatable bonds is 14. The van der Waals surface area contributed by atoms with Gasteiger partial charge in [0, 0.05) is 40.7 Å². The Morgan fingerprint density at radius 2 is 1.93 bits per heavy atom. The van der Waals surface area contributed by atoms with Crippen LogP contribution in [0, 0.1) is 5.82 Å². The van der Waals surface area contributed by atoms with Gasteiger partial charge < -0.3 is 15.4 Å². The maximum absolute atomic E-state index is 13.5. The van der Waals surface area contributed by atoms with Gasteiger partial charge in [0.1, 0.15) is 30.3 Å². The number of nitrogens with zero attached hydrogens (tertiary/aromatic N) is 3. The summed E-state index contributed by atoms with van der Waals surface area (Å²) in [6, 6.07) is 18.0.